The molecule has 2 atom stereocenters. The number of hydrogen-bond acceptors (Lipinski definition) is 4. The predicted molar refractivity (Wildman–Crippen MR) is 85.1 cm³/mol. The average molecular weight is 323 g/mol. The van der Waals surface area contributed by atoms with E-state index in [1.54, 1.807) is 12.0 Å². The molecule has 1 aromatic rings. The number of hydrogen-bond donors (Lipinski definition) is 1. The highest BCUT2D eigenvalue weighted by molar-refractivity contribution is 7.08. The first-order valence-electron chi connectivity index (χ1n) is 7.60. The van der Waals surface area contributed by atoms with Gasteiger partial charge in [-0.3, -0.25) is 4.79 Å². The van der Waals surface area contributed by atoms with E-state index in [-0.39, 0.29) is 18.0 Å². The summed E-state index contributed by atoms with van der Waals surface area (Å²) in [6.07, 6.45) is 2.59. The molecule has 2 fully saturated rings. The second kappa shape index (κ2) is 6.66. The van der Waals surface area contributed by atoms with Gasteiger partial charge in [0.25, 0.3) is 0 Å². The average Bonchev–Trinajstić information content (AvgIpc) is 3.26. The Morgan fingerprint density at radius 1 is 1.36 bits per heavy atom. The molecular formula is C15H21N3O3S. The fourth-order valence-electron chi connectivity index (χ4n) is 3.11. The molecule has 0 spiro atoms. The summed E-state index contributed by atoms with van der Waals surface area (Å²) < 4.78 is 5.38. The number of nitrogens with one attached hydrogen (secondary N) is 1. The molecule has 0 aromatic carbocycles. The molecule has 3 rings (SSSR count). The number of methoxy groups -OCH3 is 1. The van der Waals surface area contributed by atoms with Gasteiger partial charge in [0.15, 0.2) is 0 Å². The molecule has 3 heterocycles. The van der Waals surface area contributed by atoms with E-state index in [0.717, 1.165) is 31.6 Å². The van der Waals surface area contributed by atoms with E-state index in [1.165, 1.54) is 11.3 Å². The zero-order valence-electron chi connectivity index (χ0n) is 12.7. The van der Waals surface area contributed by atoms with Gasteiger partial charge >= 0.3 is 6.03 Å². The second-order valence-electron chi connectivity index (χ2n) is 5.74. The van der Waals surface area contributed by atoms with E-state index in [0.29, 0.717) is 13.0 Å². The Morgan fingerprint density at radius 2 is 2.14 bits per heavy atom. The number of urea groups is 1. The van der Waals surface area contributed by atoms with Crippen molar-refractivity contribution in [3.63, 3.8) is 0 Å². The third-order valence-electron chi connectivity index (χ3n) is 4.33. The Morgan fingerprint density at radius 3 is 2.77 bits per heavy atom. The predicted octanol–water partition coefficient (Wildman–Crippen LogP) is 1.99. The molecule has 0 radical (unpaired) electrons. The number of amides is 3. The molecule has 0 aliphatic carbocycles. The topological polar surface area (TPSA) is 61.9 Å². The van der Waals surface area contributed by atoms with Gasteiger partial charge in [0.1, 0.15) is 6.04 Å². The molecule has 2 saturated heterocycles. The number of rotatable bonds is 3. The Kier molecular flexibility index (Phi) is 4.63. The third-order valence-corrected chi connectivity index (χ3v) is 5.02. The SMILES string of the molecule is CO[C@H]1C[C@@H](C(=O)N2CCCC2)N(C(=O)Nc2ccsc2)C1. The van der Waals surface area contributed by atoms with Crippen molar-refractivity contribution in [2.75, 3.05) is 32.1 Å². The van der Waals surface area contributed by atoms with Gasteiger partial charge in [-0.1, -0.05) is 0 Å². The first-order valence-corrected chi connectivity index (χ1v) is 8.54. The Balaban J connectivity index is 1.71. The molecule has 6 nitrogen and oxygen atoms in total. The summed E-state index contributed by atoms with van der Waals surface area (Å²) in [5, 5.41) is 6.64. The van der Waals surface area contributed by atoms with Crippen molar-refractivity contribution in [1.29, 1.82) is 0 Å². The van der Waals surface area contributed by atoms with Gasteiger partial charge in [0, 0.05) is 38.5 Å². The quantitative estimate of drug-likeness (QED) is 0.925. The van der Waals surface area contributed by atoms with E-state index < -0.39 is 6.04 Å². The van der Waals surface area contributed by atoms with E-state index in [4.69, 9.17) is 4.74 Å². The number of thiophene rings is 1. The van der Waals surface area contributed by atoms with Crippen molar-refractivity contribution in [3.8, 4) is 0 Å². The van der Waals surface area contributed by atoms with Crippen LogP contribution in [0.2, 0.25) is 0 Å². The number of anilines is 1. The van der Waals surface area contributed by atoms with Crippen LogP contribution in [0, 0.1) is 0 Å². The molecule has 0 unspecified atom stereocenters. The van der Waals surface area contributed by atoms with Gasteiger partial charge in [0.2, 0.25) is 5.91 Å². The van der Waals surface area contributed by atoms with Crippen molar-refractivity contribution in [1.82, 2.24) is 9.80 Å². The maximum absolute atomic E-state index is 12.7. The number of ether oxygens (including phenoxy) is 1. The molecule has 22 heavy (non-hydrogen) atoms. The van der Waals surface area contributed by atoms with E-state index in [9.17, 15) is 9.59 Å². The highest BCUT2D eigenvalue weighted by Crippen LogP contribution is 2.25. The van der Waals surface area contributed by atoms with Crippen molar-refractivity contribution in [2.24, 2.45) is 0 Å². The second-order valence-corrected chi connectivity index (χ2v) is 6.52. The van der Waals surface area contributed by atoms with Crippen molar-refractivity contribution >= 4 is 29.0 Å². The first-order chi connectivity index (χ1) is 10.7. The normalized spacial score (nSPS) is 24.8. The van der Waals surface area contributed by atoms with Crippen LogP contribution >= 0.6 is 11.3 Å². The van der Waals surface area contributed by atoms with Crippen LogP contribution in [0.5, 0.6) is 0 Å². The van der Waals surface area contributed by atoms with E-state index in [1.807, 2.05) is 21.7 Å². The molecular weight excluding hydrogens is 302 g/mol. The lowest BCUT2D eigenvalue weighted by molar-refractivity contribution is -0.134. The fraction of sp³-hybridized carbons (Fsp3) is 0.600. The van der Waals surface area contributed by atoms with Crippen molar-refractivity contribution < 1.29 is 14.3 Å². The van der Waals surface area contributed by atoms with Gasteiger partial charge in [0.05, 0.1) is 11.8 Å². The summed E-state index contributed by atoms with van der Waals surface area (Å²) in [6.45, 7) is 2.05. The minimum atomic E-state index is -0.415. The lowest BCUT2D eigenvalue weighted by atomic mass is 10.1. The Hall–Kier alpha value is -1.60. The molecule has 0 saturated carbocycles. The van der Waals surface area contributed by atoms with Crippen LogP contribution in [-0.2, 0) is 9.53 Å². The van der Waals surface area contributed by atoms with Crippen LogP contribution in [0.3, 0.4) is 0 Å². The fourth-order valence-corrected chi connectivity index (χ4v) is 3.69. The number of likely N-dealkylation sites (tertiary alicyclic amines) is 2. The van der Waals surface area contributed by atoms with Crippen LogP contribution in [0.4, 0.5) is 10.5 Å². The number of carbonyl (C=O) groups excluding carboxylic acids is 2. The molecule has 0 bridgehead atoms. The molecule has 120 valence electrons. The zero-order valence-corrected chi connectivity index (χ0v) is 13.5. The lowest BCUT2D eigenvalue weighted by Crippen LogP contribution is -2.48. The summed E-state index contributed by atoms with van der Waals surface area (Å²) in [5.41, 5.74) is 0.767. The van der Waals surface area contributed by atoms with Gasteiger partial charge in [-0.25, -0.2) is 4.79 Å². The smallest absolute Gasteiger partial charge is 0.322 e. The summed E-state index contributed by atoms with van der Waals surface area (Å²) >= 11 is 1.52. The van der Waals surface area contributed by atoms with Crippen LogP contribution in [0.25, 0.3) is 0 Å². The maximum atomic E-state index is 12.7. The molecule has 3 amide bonds. The van der Waals surface area contributed by atoms with Crippen LogP contribution < -0.4 is 5.32 Å². The highest BCUT2D eigenvalue weighted by Gasteiger charge is 2.42. The summed E-state index contributed by atoms with van der Waals surface area (Å²) in [6, 6.07) is 1.21. The summed E-state index contributed by atoms with van der Waals surface area (Å²) in [5.74, 6) is 0.0533. The monoisotopic (exact) mass is 323 g/mol. The minimum Gasteiger partial charge on any atom is -0.380 e. The van der Waals surface area contributed by atoms with Crippen LogP contribution in [0.15, 0.2) is 16.8 Å². The van der Waals surface area contributed by atoms with Crippen LogP contribution in [-0.4, -0.2) is 60.6 Å². The first kappa shape index (κ1) is 15.3. The zero-order chi connectivity index (χ0) is 15.5. The Labute approximate surface area is 134 Å². The maximum Gasteiger partial charge on any atom is 0.322 e. The minimum absolute atomic E-state index is 0.0533. The molecule has 1 aromatic heterocycles. The van der Waals surface area contributed by atoms with Gasteiger partial charge < -0.3 is 19.9 Å². The number of carbonyl (C=O) groups is 2. The third kappa shape index (κ3) is 3.10. The van der Waals surface area contributed by atoms with E-state index >= 15 is 0 Å². The van der Waals surface area contributed by atoms with E-state index in [2.05, 4.69) is 5.32 Å². The highest BCUT2D eigenvalue weighted by atomic mass is 32.1. The summed E-state index contributed by atoms with van der Waals surface area (Å²) in [4.78, 5) is 28.7. The molecule has 1 N–H and O–H groups in total. The molecule has 2 aliphatic heterocycles. The standard InChI is InChI=1S/C15H21N3O3S/c1-21-12-8-13(14(19)17-5-2-3-6-17)18(9-12)15(20)16-11-4-7-22-10-11/h4,7,10,12-13H,2-3,5-6,8-9H2,1H3,(H,16,20)/t12-,13-/m0/s1. The van der Waals surface area contributed by atoms with Gasteiger partial charge in [-0.2, -0.15) is 11.3 Å². The molecule has 2 aliphatic rings. The van der Waals surface area contributed by atoms with Gasteiger partial charge in [-0.15, -0.1) is 0 Å². The lowest BCUT2D eigenvalue weighted by Gasteiger charge is -2.27. The van der Waals surface area contributed by atoms with Gasteiger partial charge in [-0.05, 0) is 24.3 Å². The molecule has 7 heteroatoms. The summed E-state index contributed by atoms with van der Waals surface area (Å²) in [7, 11) is 1.63. The Bertz CT molecular complexity index is 528. The van der Waals surface area contributed by atoms with Crippen molar-refractivity contribution in [2.45, 2.75) is 31.4 Å². The number of nitrogens with zero attached hydrogens (tertiary/aromatic N) is 2. The van der Waals surface area contributed by atoms with Crippen LogP contribution in [0.1, 0.15) is 19.3 Å². The largest absolute Gasteiger partial charge is 0.380 e. The van der Waals surface area contributed by atoms with Crippen molar-refractivity contribution in [3.05, 3.63) is 16.8 Å².